The number of aromatic nitrogens is 3. The molecule has 0 saturated heterocycles. The molecular formula is C15H21N3O2. The zero-order chi connectivity index (χ0) is 14.5. The molecule has 2 N–H and O–H groups in total. The van der Waals surface area contributed by atoms with Gasteiger partial charge in [-0.15, -0.1) is 0 Å². The maximum Gasteiger partial charge on any atom is 0.344 e. The predicted molar refractivity (Wildman–Crippen MR) is 78.9 cm³/mol. The molecule has 2 aromatic rings. The van der Waals surface area contributed by atoms with Crippen molar-refractivity contribution >= 4 is 0 Å². The molecule has 0 aliphatic rings. The maximum absolute atomic E-state index is 11.8. The fourth-order valence-electron chi connectivity index (χ4n) is 2.44. The van der Waals surface area contributed by atoms with Crippen LogP contribution in [0, 0.1) is 5.92 Å². The maximum atomic E-state index is 11.8. The van der Waals surface area contributed by atoms with Crippen LogP contribution in [0.4, 0.5) is 0 Å². The summed E-state index contributed by atoms with van der Waals surface area (Å²) >= 11 is 0. The summed E-state index contributed by atoms with van der Waals surface area (Å²) in [5, 5.41) is 4.71. The van der Waals surface area contributed by atoms with E-state index in [4.69, 9.17) is 0 Å². The number of rotatable bonds is 6. The normalized spacial score (nSPS) is 12.8. The van der Waals surface area contributed by atoms with Gasteiger partial charge in [-0.25, -0.2) is 24.4 Å². The van der Waals surface area contributed by atoms with Crippen molar-refractivity contribution in [3.8, 4) is 0 Å². The highest BCUT2D eigenvalue weighted by Gasteiger charge is 2.18. The number of aromatic amines is 2. The van der Waals surface area contributed by atoms with Gasteiger partial charge in [0.05, 0.1) is 6.04 Å². The molecule has 108 valence electrons. The van der Waals surface area contributed by atoms with E-state index in [1.165, 1.54) is 4.57 Å². The molecule has 0 saturated carbocycles. The standard InChI is InChI=1S/C15H21N3O2/c1-11(2)7-6-10-13(12-8-4-3-5-9-12)18-14(19)16-17-15(18)20/h3-5,8-9,11,13H,6-7,10H2,1-2H3,(H,16,19)(H,17,20). The number of nitrogens with one attached hydrogen (secondary N) is 2. The van der Waals surface area contributed by atoms with Crippen molar-refractivity contribution in [1.29, 1.82) is 0 Å². The minimum absolute atomic E-state index is 0.211. The first-order valence-electron chi connectivity index (χ1n) is 7.03. The van der Waals surface area contributed by atoms with Crippen molar-refractivity contribution in [2.45, 2.75) is 39.2 Å². The fourth-order valence-corrected chi connectivity index (χ4v) is 2.44. The number of hydrogen-bond acceptors (Lipinski definition) is 2. The molecule has 1 aromatic carbocycles. The van der Waals surface area contributed by atoms with E-state index >= 15 is 0 Å². The van der Waals surface area contributed by atoms with Crippen LogP contribution in [0.1, 0.15) is 44.7 Å². The van der Waals surface area contributed by atoms with Crippen LogP contribution in [-0.4, -0.2) is 14.8 Å². The second-order valence-electron chi connectivity index (χ2n) is 5.48. The summed E-state index contributed by atoms with van der Waals surface area (Å²) < 4.78 is 1.27. The number of H-pyrrole nitrogens is 2. The first-order chi connectivity index (χ1) is 9.59. The minimum atomic E-state index is -0.381. The lowest BCUT2D eigenvalue weighted by Gasteiger charge is -2.17. The average molecular weight is 275 g/mol. The molecule has 5 heteroatoms. The summed E-state index contributed by atoms with van der Waals surface area (Å²) in [5.74, 6) is 0.618. The van der Waals surface area contributed by atoms with E-state index in [2.05, 4.69) is 24.0 Å². The van der Waals surface area contributed by atoms with Gasteiger partial charge in [0.1, 0.15) is 0 Å². The van der Waals surface area contributed by atoms with Gasteiger partial charge < -0.3 is 0 Å². The Balaban J connectivity index is 2.30. The lowest BCUT2D eigenvalue weighted by atomic mass is 9.98. The highest BCUT2D eigenvalue weighted by Crippen LogP contribution is 2.22. The van der Waals surface area contributed by atoms with Crippen molar-refractivity contribution in [2.24, 2.45) is 5.92 Å². The summed E-state index contributed by atoms with van der Waals surface area (Å²) in [4.78, 5) is 23.7. The number of benzene rings is 1. The van der Waals surface area contributed by atoms with E-state index in [1.54, 1.807) is 0 Å². The largest absolute Gasteiger partial charge is 0.344 e. The number of hydrogen-bond donors (Lipinski definition) is 2. The summed E-state index contributed by atoms with van der Waals surface area (Å²) in [6.07, 6.45) is 2.84. The van der Waals surface area contributed by atoms with Crippen molar-refractivity contribution in [3.63, 3.8) is 0 Å². The summed E-state index contributed by atoms with van der Waals surface area (Å²) in [6.45, 7) is 4.35. The Hall–Kier alpha value is -2.04. The van der Waals surface area contributed by atoms with Crippen LogP contribution in [0.15, 0.2) is 39.9 Å². The molecule has 2 rings (SSSR count). The molecule has 1 aromatic heterocycles. The van der Waals surface area contributed by atoms with E-state index in [1.807, 2.05) is 30.3 Å². The summed E-state index contributed by atoms with van der Waals surface area (Å²) in [5.41, 5.74) is 0.227. The Morgan fingerprint density at radius 3 is 2.15 bits per heavy atom. The van der Waals surface area contributed by atoms with E-state index < -0.39 is 0 Å². The lowest BCUT2D eigenvalue weighted by Crippen LogP contribution is -2.31. The first-order valence-corrected chi connectivity index (χ1v) is 7.03. The smallest absolute Gasteiger partial charge is 0.247 e. The van der Waals surface area contributed by atoms with Crippen molar-refractivity contribution in [3.05, 3.63) is 56.9 Å². The molecule has 0 spiro atoms. The molecule has 20 heavy (non-hydrogen) atoms. The Bertz CT molecular complexity index is 609. The monoisotopic (exact) mass is 275 g/mol. The lowest BCUT2D eigenvalue weighted by molar-refractivity contribution is 0.453. The van der Waals surface area contributed by atoms with Gasteiger partial charge in [-0.2, -0.15) is 0 Å². The van der Waals surface area contributed by atoms with Gasteiger partial charge in [0.15, 0.2) is 0 Å². The Morgan fingerprint density at radius 2 is 1.60 bits per heavy atom. The molecule has 0 aliphatic heterocycles. The Morgan fingerprint density at radius 1 is 1.00 bits per heavy atom. The minimum Gasteiger partial charge on any atom is -0.247 e. The molecular weight excluding hydrogens is 254 g/mol. The van der Waals surface area contributed by atoms with Crippen LogP contribution in [0.3, 0.4) is 0 Å². The van der Waals surface area contributed by atoms with Crippen molar-refractivity contribution in [2.75, 3.05) is 0 Å². The van der Waals surface area contributed by atoms with Gasteiger partial charge in [-0.1, -0.05) is 57.0 Å². The van der Waals surface area contributed by atoms with E-state index in [0.29, 0.717) is 5.92 Å². The Labute approximate surface area is 117 Å². The topological polar surface area (TPSA) is 70.7 Å². The Kier molecular flexibility index (Phi) is 4.61. The predicted octanol–water partition coefficient (Wildman–Crippen LogP) is 2.28. The molecule has 0 fully saturated rings. The van der Waals surface area contributed by atoms with Gasteiger partial charge in [-0.05, 0) is 17.9 Å². The summed E-state index contributed by atoms with van der Waals surface area (Å²) in [6, 6.07) is 9.49. The zero-order valence-corrected chi connectivity index (χ0v) is 11.9. The number of nitrogens with zero attached hydrogens (tertiary/aromatic N) is 1. The third-order valence-corrected chi connectivity index (χ3v) is 3.47. The van der Waals surface area contributed by atoms with Crippen LogP contribution >= 0.6 is 0 Å². The van der Waals surface area contributed by atoms with Gasteiger partial charge in [0, 0.05) is 0 Å². The molecule has 5 nitrogen and oxygen atoms in total. The van der Waals surface area contributed by atoms with Crippen LogP contribution in [0.25, 0.3) is 0 Å². The molecule has 0 aliphatic carbocycles. The van der Waals surface area contributed by atoms with E-state index in [0.717, 1.165) is 24.8 Å². The third kappa shape index (κ3) is 3.29. The highest BCUT2D eigenvalue weighted by atomic mass is 16.2. The van der Waals surface area contributed by atoms with Gasteiger partial charge in [-0.3, -0.25) is 0 Å². The van der Waals surface area contributed by atoms with Crippen molar-refractivity contribution < 1.29 is 0 Å². The molecule has 1 heterocycles. The van der Waals surface area contributed by atoms with Crippen LogP contribution in [0.2, 0.25) is 0 Å². The average Bonchev–Trinajstić information content (AvgIpc) is 2.76. The van der Waals surface area contributed by atoms with E-state index in [-0.39, 0.29) is 17.4 Å². The summed E-state index contributed by atoms with van der Waals surface area (Å²) in [7, 11) is 0. The molecule has 0 bridgehead atoms. The zero-order valence-electron chi connectivity index (χ0n) is 11.9. The molecule has 1 atom stereocenters. The van der Waals surface area contributed by atoms with Gasteiger partial charge in [0.2, 0.25) is 0 Å². The molecule has 0 radical (unpaired) electrons. The molecule has 0 amide bonds. The molecule has 1 unspecified atom stereocenters. The van der Waals surface area contributed by atoms with E-state index in [9.17, 15) is 9.59 Å². The first kappa shape index (κ1) is 14.4. The van der Waals surface area contributed by atoms with Crippen LogP contribution in [0.5, 0.6) is 0 Å². The van der Waals surface area contributed by atoms with Crippen LogP contribution in [-0.2, 0) is 0 Å². The van der Waals surface area contributed by atoms with Crippen molar-refractivity contribution in [1.82, 2.24) is 14.8 Å². The second kappa shape index (κ2) is 6.41. The highest BCUT2D eigenvalue weighted by molar-refractivity contribution is 5.19. The second-order valence-corrected chi connectivity index (χ2v) is 5.48. The fraction of sp³-hybridized carbons (Fsp3) is 0.467. The SMILES string of the molecule is CC(C)CCCC(c1ccccc1)n1c(=O)[nH][nH]c1=O. The van der Waals surface area contributed by atoms with Gasteiger partial charge in [0.25, 0.3) is 0 Å². The van der Waals surface area contributed by atoms with Gasteiger partial charge >= 0.3 is 11.4 Å². The van der Waals surface area contributed by atoms with Crippen LogP contribution < -0.4 is 11.4 Å². The quantitative estimate of drug-likeness (QED) is 0.849. The third-order valence-electron chi connectivity index (χ3n) is 3.47.